The molecule has 0 aliphatic heterocycles. The van der Waals surface area contributed by atoms with Gasteiger partial charge in [-0.25, -0.2) is 4.98 Å². The second-order valence-corrected chi connectivity index (χ2v) is 6.47. The molecule has 3 aromatic rings. The molecule has 0 N–H and O–H groups in total. The van der Waals surface area contributed by atoms with Crippen molar-refractivity contribution in [3.8, 4) is 11.8 Å². The molecule has 1 aromatic heterocycles. The van der Waals surface area contributed by atoms with Crippen LogP contribution in [0.25, 0.3) is 10.2 Å². The average Bonchev–Trinajstić information content (AvgIpc) is 2.95. The van der Waals surface area contributed by atoms with Gasteiger partial charge in [-0.15, -0.1) is 23.1 Å². The molecule has 5 heteroatoms. The molecule has 2 aromatic carbocycles. The Hall–Kier alpha value is -2.03. The van der Waals surface area contributed by atoms with E-state index in [0.717, 1.165) is 21.7 Å². The minimum atomic E-state index is 0.488. The Morgan fingerprint density at radius 3 is 2.86 bits per heavy atom. The molecule has 0 saturated carbocycles. The van der Waals surface area contributed by atoms with E-state index >= 15 is 0 Å². The van der Waals surface area contributed by atoms with Crippen molar-refractivity contribution in [1.29, 1.82) is 5.26 Å². The molecule has 3 nitrogen and oxygen atoms in total. The zero-order valence-electron chi connectivity index (χ0n) is 11.2. The number of nitriles is 1. The van der Waals surface area contributed by atoms with Gasteiger partial charge in [0.05, 0.1) is 16.8 Å². The quantitative estimate of drug-likeness (QED) is 0.519. The second kappa shape index (κ2) is 6.61. The molecule has 3 rings (SSSR count). The molecule has 0 bridgehead atoms. The number of ether oxygens (including phenoxy) is 1. The van der Waals surface area contributed by atoms with Crippen LogP contribution in [0.15, 0.2) is 53.4 Å². The van der Waals surface area contributed by atoms with E-state index in [4.69, 9.17) is 10.00 Å². The van der Waals surface area contributed by atoms with Gasteiger partial charge in [0, 0.05) is 10.6 Å². The summed E-state index contributed by atoms with van der Waals surface area (Å²) in [5.74, 6) is 1.72. The number of thiazole rings is 1. The summed E-state index contributed by atoms with van der Waals surface area (Å²) in [5.41, 5.74) is 0.850. The predicted octanol–water partition coefficient (Wildman–Crippen LogP) is 4.34. The summed E-state index contributed by atoms with van der Waals surface area (Å²) in [5, 5.41) is 9.34. The van der Waals surface area contributed by atoms with Crippen LogP contribution in [-0.2, 0) is 0 Å². The summed E-state index contributed by atoms with van der Waals surface area (Å²) in [4.78, 5) is 5.45. The topological polar surface area (TPSA) is 45.9 Å². The normalized spacial score (nSPS) is 10.4. The molecule has 0 atom stereocenters. The van der Waals surface area contributed by atoms with E-state index in [1.807, 2.05) is 36.4 Å². The molecule has 0 aliphatic rings. The van der Waals surface area contributed by atoms with E-state index in [1.54, 1.807) is 11.8 Å². The smallest absolute Gasteiger partial charge is 0.195 e. The van der Waals surface area contributed by atoms with Crippen LogP contribution in [0.3, 0.4) is 0 Å². The van der Waals surface area contributed by atoms with Gasteiger partial charge in [-0.3, -0.25) is 0 Å². The van der Waals surface area contributed by atoms with E-state index < -0.39 is 0 Å². The van der Waals surface area contributed by atoms with Crippen LogP contribution in [0.4, 0.5) is 0 Å². The van der Waals surface area contributed by atoms with Crippen LogP contribution in [-0.4, -0.2) is 17.3 Å². The zero-order chi connectivity index (χ0) is 14.5. The molecule has 0 aliphatic carbocycles. The Kier molecular flexibility index (Phi) is 4.39. The molecule has 104 valence electrons. The van der Waals surface area contributed by atoms with Gasteiger partial charge in [0.15, 0.2) is 5.01 Å². The van der Waals surface area contributed by atoms with Gasteiger partial charge in [-0.2, -0.15) is 5.26 Å². The van der Waals surface area contributed by atoms with Gasteiger partial charge in [0.2, 0.25) is 0 Å². The fraction of sp³-hybridized carbons (Fsp3) is 0.125. The van der Waals surface area contributed by atoms with Crippen molar-refractivity contribution in [1.82, 2.24) is 4.98 Å². The third-order valence-corrected chi connectivity index (χ3v) is 4.72. The van der Waals surface area contributed by atoms with E-state index in [0.29, 0.717) is 11.6 Å². The minimum Gasteiger partial charge on any atom is -0.493 e. The Morgan fingerprint density at radius 2 is 2.05 bits per heavy atom. The summed E-state index contributed by atoms with van der Waals surface area (Å²) in [6, 6.07) is 18.1. The third-order valence-electron chi connectivity index (χ3n) is 2.82. The summed E-state index contributed by atoms with van der Waals surface area (Å²) in [6.45, 7) is 0.648. The molecular weight excluding hydrogens is 300 g/mol. The number of rotatable bonds is 5. The average molecular weight is 312 g/mol. The number of nitrogens with zero attached hydrogens (tertiary/aromatic N) is 2. The number of hydrogen-bond donors (Lipinski definition) is 0. The maximum Gasteiger partial charge on any atom is 0.195 e. The van der Waals surface area contributed by atoms with E-state index in [9.17, 15) is 0 Å². The summed E-state index contributed by atoms with van der Waals surface area (Å²) in [7, 11) is 0. The molecular formula is C16H12N2OS2. The van der Waals surface area contributed by atoms with Crippen molar-refractivity contribution in [3.63, 3.8) is 0 Å². The van der Waals surface area contributed by atoms with Gasteiger partial charge >= 0.3 is 0 Å². The first kappa shape index (κ1) is 13.9. The van der Waals surface area contributed by atoms with Crippen LogP contribution in [0, 0.1) is 11.3 Å². The first-order valence-electron chi connectivity index (χ1n) is 6.46. The first-order chi connectivity index (χ1) is 10.3. The molecule has 0 fully saturated rings. The van der Waals surface area contributed by atoms with E-state index in [1.165, 1.54) is 16.2 Å². The SMILES string of the molecule is N#Cc1nc2ccc(OCCSc3ccccc3)cc2s1. The molecule has 0 unspecified atom stereocenters. The Morgan fingerprint density at radius 1 is 1.19 bits per heavy atom. The number of benzene rings is 2. The summed E-state index contributed by atoms with van der Waals surface area (Å²) >= 11 is 3.16. The van der Waals surface area contributed by atoms with Crippen LogP contribution in [0.2, 0.25) is 0 Å². The third kappa shape index (κ3) is 3.54. The van der Waals surface area contributed by atoms with Gasteiger partial charge in [-0.05, 0) is 30.3 Å². The summed E-state index contributed by atoms with van der Waals surface area (Å²) < 4.78 is 6.74. The van der Waals surface area contributed by atoms with Crippen molar-refractivity contribution in [2.75, 3.05) is 12.4 Å². The van der Waals surface area contributed by atoms with Crippen molar-refractivity contribution >= 4 is 33.3 Å². The fourth-order valence-electron chi connectivity index (χ4n) is 1.88. The lowest BCUT2D eigenvalue weighted by molar-refractivity contribution is 0.344. The van der Waals surface area contributed by atoms with Crippen LogP contribution >= 0.6 is 23.1 Å². The lowest BCUT2D eigenvalue weighted by Gasteiger charge is -2.05. The molecule has 0 radical (unpaired) electrons. The molecule has 21 heavy (non-hydrogen) atoms. The van der Waals surface area contributed by atoms with Crippen molar-refractivity contribution in [2.45, 2.75) is 4.90 Å². The number of fused-ring (bicyclic) bond motifs is 1. The van der Waals surface area contributed by atoms with Crippen molar-refractivity contribution in [2.24, 2.45) is 0 Å². The number of thioether (sulfide) groups is 1. The predicted molar refractivity (Wildman–Crippen MR) is 87.0 cm³/mol. The Balaban J connectivity index is 1.57. The monoisotopic (exact) mass is 312 g/mol. The highest BCUT2D eigenvalue weighted by molar-refractivity contribution is 7.99. The Labute approximate surface area is 131 Å². The first-order valence-corrected chi connectivity index (χ1v) is 8.27. The second-order valence-electron chi connectivity index (χ2n) is 4.27. The largest absolute Gasteiger partial charge is 0.493 e. The zero-order valence-corrected chi connectivity index (χ0v) is 12.8. The highest BCUT2D eigenvalue weighted by atomic mass is 32.2. The highest BCUT2D eigenvalue weighted by Gasteiger charge is 2.04. The van der Waals surface area contributed by atoms with E-state index in [2.05, 4.69) is 23.2 Å². The van der Waals surface area contributed by atoms with Crippen molar-refractivity contribution in [3.05, 3.63) is 53.5 Å². The van der Waals surface area contributed by atoms with E-state index in [-0.39, 0.29) is 0 Å². The van der Waals surface area contributed by atoms with Crippen LogP contribution in [0.5, 0.6) is 5.75 Å². The van der Waals surface area contributed by atoms with Crippen molar-refractivity contribution < 1.29 is 4.74 Å². The van der Waals surface area contributed by atoms with Crippen LogP contribution in [0.1, 0.15) is 5.01 Å². The fourth-order valence-corrected chi connectivity index (χ4v) is 3.42. The summed E-state index contributed by atoms with van der Waals surface area (Å²) in [6.07, 6.45) is 0. The molecule has 0 saturated heterocycles. The Bertz CT molecular complexity index is 778. The number of aromatic nitrogens is 1. The molecule has 0 amide bonds. The molecule has 0 spiro atoms. The van der Waals surface area contributed by atoms with Gasteiger partial charge in [-0.1, -0.05) is 18.2 Å². The highest BCUT2D eigenvalue weighted by Crippen LogP contribution is 2.26. The van der Waals surface area contributed by atoms with Gasteiger partial charge < -0.3 is 4.74 Å². The maximum atomic E-state index is 8.85. The minimum absolute atomic E-state index is 0.488. The number of hydrogen-bond acceptors (Lipinski definition) is 5. The maximum absolute atomic E-state index is 8.85. The van der Waals surface area contributed by atoms with Gasteiger partial charge in [0.25, 0.3) is 0 Å². The van der Waals surface area contributed by atoms with Crippen LogP contribution < -0.4 is 4.74 Å². The molecule has 1 heterocycles. The standard InChI is InChI=1S/C16H12N2OS2/c17-11-16-18-14-7-6-12(10-15(14)21-16)19-8-9-20-13-4-2-1-3-5-13/h1-7,10H,8-9H2. The lowest BCUT2D eigenvalue weighted by Crippen LogP contribution is -1.99. The van der Waals surface area contributed by atoms with Gasteiger partial charge in [0.1, 0.15) is 11.8 Å². The lowest BCUT2D eigenvalue weighted by atomic mass is 10.3.